The number of primary amides is 1. The molecule has 1 unspecified atom stereocenters. The zero-order valence-corrected chi connectivity index (χ0v) is 11.0. The van der Waals surface area contributed by atoms with Crippen molar-refractivity contribution in [1.82, 2.24) is 0 Å². The number of fused-ring (bicyclic) bond motifs is 1. The normalized spacial score (nSPS) is 16.3. The first kappa shape index (κ1) is 12.5. The van der Waals surface area contributed by atoms with E-state index < -0.39 is 5.91 Å². The third-order valence-corrected chi connectivity index (χ3v) is 3.50. The van der Waals surface area contributed by atoms with Crippen LogP contribution in [0.25, 0.3) is 0 Å². The molecular formula is C16H16N2O2. The van der Waals surface area contributed by atoms with E-state index in [9.17, 15) is 4.79 Å². The molecule has 0 radical (unpaired) electrons. The SMILES string of the molecule is NC(=O)c1cccc(NCC2COc3ccccc32)c1. The Morgan fingerprint density at radius 2 is 2.10 bits per heavy atom. The Morgan fingerprint density at radius 3 is 2.95 bits per heavy atom. The molecule has 0 aromatic heterocycles. The Hall–Kier alpha value is -2.49. The average molecular weight is 268 g/mol. The van der Waals surface area contributed by atoms with Gasteiger partial charge in [0.15, 0.2) is 0 Å². The third-order valence-electron chi connectivity index (χ3n) is 3.50. The van der Waals surface area contributed by atoms with Crippen LogP contribution < -0.4 is 15.8 Å². The van der Waals surface area contributed by atoms with Crippen molar-refractivity contribution in [1.29, 1.82) is 0 Å². The van der Waals surface area contributed by atoms with E-state index in [1.165, 1.54) is 5.56 Å². The van der Waals surface area contributed by atoms with E-state index in [-0.39, 0.29) is 0 Å². The molecule has 2 aromatic rings. The number of amides is 1. The van der Waals surface area contributed by atoms with Gasteiger partial charge in [0.05, 0.1) is 6.61 Å². The van der Waals surface area contributed by atoms with Crippen LogP contribution in [0.2, 0.25) is 0 Å². The number of carbonyl (C=O) groups is 1. The van der Waals surface area contributed by atoms with Crippen LogP contribution in [0.15, 0.2) is 48.5 Å². The molecule has 0 aliphatic carbocycles. The maximum absolute atomic E-state index is 11.2. The quantitative estimate of drug-likeness (QED) is 0.894. The van der Waals surface area contributed by atoms with Gasteiger partial charge in [-0.3, -0.25) is 4.79 Å². The second-order valence-corrected chi connectivity index (χ2v) is 4.87. The van der Waals surface area contributed by atoms with E-state index in [1.54, 1.807) is 12.1 Å². The molecular weight excluding hydrogens is 252 g/mol. The summed E-state index contributed by atoms with van der Waals surface area (Å²) in [7, 11) is 0. The summed E-state index contributed by atoms with van der Waals surface area (Å²) in [6.45, 7) is 1.45. The van der Waals surface area contributed by atoms with E-state index in [2.05, 4.69) is 11.4 Å². The Kier molecular flexibility index (Phi) is 3.29. The van der Waals surface area contributed by atoms with Crippen molar-refractivity contribution in [3.05, 3.63) is 59.7 Å². The number of para-hydroxylation sites is 1. The van der Waals surface area contributed by atoms with Gasteiger partial charge >= 0.3 is 0 Å². The number of anilines is 1. The number of carbonyl (C=O) groups excluding carboxylic acids is 1. The van der Waals surface area contributed by atoms with Crippen molar-refractivity contribution in [2.75, 3.05) is 18.5 Å². The number of nitrogens with one attached hydrogen (secondary N) is 1. The highest BCUT2D eigenvalue weighted by molar-refractivity contribution is 5.93. The number of nitrogens with two attached hydrogens (primary N) is 1. The van der Waals surface area contributed by atoms with E-state index in [0.717, 1.165) is 18.0 Å². The minimum absolute atomic E-state index is 0.323. The third kappa shape index (κ3) is 2.45. The summed E-state index contributed by atoms with van der Waals surface area (Å²) in [6.07, 6.45) is 0. The zero-order chi connectivity index (χ0) is 13.9. The van der Waals surface area contributed by atoms with Crippen LogP contribution in [-0.2, 0) is 0 Å². The van der Waals surface area contributed by atoms with Crippen molar-refractivity contribution < 1.29 is 9.53 Å². The van der Waals surface area contributed by atoms with Crippen LogP contribution in [0.3, 0.4) is 0 Å². The fourth-order valence-corrected chi connectivity index (χ4v) is 2.42. The second kappa shape index (κ2) is 5.25. The molecule has 1 aliphatic heterocycles. The summed E-state index contributed by atoms with van der Waals surface area (Å²) >= 11 is 0. The van der Waals surface area contributed by atoms with Gasteiger partial charge in [-0.05, 0) is 24.3 Å². The van der Waals surface area contributed by atoms with Gasteiger partial charge in [-0.2, -0.15) is 0 Å². The Bertz CT molecular complexity index is 640. The molecule has 1 aliphatic rings. The van der Waals surface area contributed by atoms with Crippen LogP contribution >= 0.6 is 0 Å². The highest BCUT2D eigenvalue weighted by Gasteiger charge is 2.23. The zero-order valence-electron chi connectivity index (χ0n) is 11.0. The van der Waals surface area contributed by atoms with E-state index in [0.29, 0.717) is 18.1 Å². The molecule has 20 heavy (non-hydrogen) atoms. The lowest BCUT2D eigenvalue weighted by molar-refractivity contribution is 0.100. The second-order valence-electron chi connectivity index (χ2n) is 4.87. The maximum Gasteiger partial charge on any atom is 0.248 e. The molecule has 0 spiro atoms. The minimum Gasteiger partial charge on any atom is -0.493 e. The van der Waals surface area contributed by atoms with Gasteiger partial charge in [0.25, 0.3) is 0 Å². The predicted octanol–water partition coefficient (Wildman–Crippen LogP) is 2.37. The van der Waals surface area contributed by atoms with Crippen molar-refractivity contribution in [3.63, 3.8) is 0 Å². The maximum atomic E-state index is 11.2. The van der Waals surface area contributed by atoms with Crippen LogP contribution in [0.1, 0.15) is 21.8 Å². The number of ether oxygens (including phenoxy) is 1. The molecule has 1 heterocycles. The monoisotopic (exact) mass is 268 g/mol. The standard InChI is InChI=1S/C16H16N2O2/c17-16(19)11-4-3-5-13(8-11)18-9-12-10-20-15-7-2-1-6-14(12)15/h1-8,12,18H,9-10H2,(H2,17,19). The van der Waals surface area contributed by atoms with Crippen LogP contribution in [0, 0.1) is 0 Å². The first-order chi connectivity index (χ1) is 9.74. The van der Waals surface area contributed by atoms with Crippen molar-refractivity contribution in [3.8, 4) is 5.75 Å². The lowest BCUT2D eigenvalue weighted by Crippen LogP contribution is -2.15. The van der Waals surface area contributed by atoms with Gasteiger partial charge in [-0.1, -0.05) is 24.3 Å². The van der Waals surface area contributed by atoms with Gasteiger partial charge in [-0.25, -0.2) is 0 Å². The fourth-order valence-electron chi connectivity index (χ4n) is 2.42. The topological polar surface area (TPSA) is 64.4 Å². The highest BCUT2D eigenvalue weighted by Crippen LogP contribution is 2.33. The molecule has 0 saturated carbocycles. The molecule has 0 fully saturated rings. The molecule has 4 heteroatoms. The van der Waals surface area contributed by atoms with Gasteiger partial charge in [0.2, 0.25) is 5.91 Å². The van der Waals surface area contributed by atoms with Crippen LogP contribution in [-0.4, -0.2) is 19.1 Å². The first-order valence-corrected chi connectivity index (χ1v) is 6.59. The Balaban J connectivity index is 1.69. The Morgan fingerprint density at radius 1 is 1.25 bits per heavy atom. The van der Waals surface area contributed by atoms with Crippen molar-refractivity contribution in [2.45, 2.75) is 5.92 Å². The number of hydrogen-bond acceptors (Lipinski definition) is 3. The van der Waals surface area contributed by atoms with Crippen molar-refractivity contribution >= 4 is 11.6 Å². The summed E-state index contributed by atoms with van der Waals surface area (Å²) in [5, 5.41) is 3.33. The molecule has 3 rings (SSSR count). The Labute approximate surface area is 117 Å². The van der Waals surface area contributed by atoms with Crippen LogP contribution in [0.4, 0.5) is 5.69 Å². The minimum atomic E-state index is -0.414. The molecule has 1 amide bonds. The molecule has 3 N–H and O–H groups in total. The molecule has 0 bridgehead atoms. The lowest BCUT2D eigenvalue weighted by atomic mass is 10.0. The summed E-state index contributed by atoms with van der Waals surface area (Å²) in [5.74, 6) is 0.872. The summed E-state index contributed by atoms with van der Waals surface area (Å²) in [4.78, 5) is 11.2. The van der Waals surface area contributed by atoms with Gasteiger partial charge in [0.1, 0.15) is 5.75 Å². The van der Waals surface area contributed by atoms with Gasteiger partial charge in [-0.15, -0.1) is 0 Å². The molecule has 102 valence electrons. The number of rotatable bonds is 4. The van der Waals surface area contributed by atoms with Gasteiger partial charge in [0, 0.05) is 29.3 Å². The number of hydrogen-bond donors (Lipinski definition) is 2. The molecule has 4 nitrogen and oxygen atoms in total. The molecule has 2 aromatic carbocycles. The van der Waals surface area contributed by atoms with E-state index >= 15 is 0 Å². The van der Waals surface area contributed by atoms with Crippen molar-refractivity contribution in [2.24, 2.45) is 5.73 Å². The smallest absolute Gasteiger partial charge is 0.248 e. The lowest BCUT2D eigenvalue weighted by Gasteiger charge is -2.12. The average Bonchev–Trinajstić information content (AvgIpc) is 2.89. The van der Waals surface area contributed by atoms with E-state index in [1.807, 2.05) is 30.3 Å². The first-order valence-electron chi connectivity index (χ1n) is 6.59. The highest BCUT2D eigenvalue weighted by atomic mass is 16.5. The predicted molar refractivity (Wildman–Crippen MR) is 78.1 cm³/mol. The van der Waals surface area contributed by atoms with Gasteiger partial charge < -0.3 is 15.8 Å². The summed E-state index contributed by atoms with van der Waals surface area (Å²) in [6, 6.07) is 15.3. The number of benzene rings is 2. The van der Waals surface area contributed by atoms with E-state index in [4.69, 9.17) is 10.5 Å². The summed E-state index contributed by atoms with van der Waals surface area (Å²) < 4.78 is 5.65. The van der Waals surface area contributed by atoms with Crippen LogP contribution in [0.5, 0.6) is 5.75 Å². The summed E-state index contributed by atoms with van der Waals surface area (Å²) in [5.41, 5.74) is 7.91. The largest absolute Gasteiger partial charge is 0.493 e. The molecule has 1 atom stereocenters. The fraction of sp³-hybridized carbons (Fsp3) is 0.188. The molecule has 0 saturated heterocycles.